The number of ether oxygens (including phenoxy) is 2. The number of nitrogens with zero attached hydrogens (tertiary/aromatic N) is 2. The number of carbonyl (C=O) groups excluding carboxylic acids is 1. The Balaban J connectivity index is 1.76. The van der Waals surface area contributed by atoms with Crippen LogP contribution >= 0.6 is 0 Å². The monoisotopic (exact) mass is 384 g/mol. The van der Waals surface area contributed by atoms with Crippen molar-refractivity contribution in [1.82, 2.24) is 5.01 Å². The fourth-order valence-corrected chi connectivity index (χ4v) is 3.40. The van der Waals surface area contributed by atoms with Gasteiger partial charge in [0.25, 0.3) is 0 Å². The number of carbonyl (C=O) groups is 1. The molecule has 6 heteroatoms. The largest absolute Gasteiger partial charge is 0.493 e. The van der Waals surface area contributed by atoms with Crippen molar-refractivity contribution in [2.45, 2.75) is 45.2 Å². The summed E-state index contributed by atoms with van der Waals surface area (Å²) in [5.41, 5.74) is 0.704. The Bertz CT molecular complexity index is 859. The quantitative estimate of drug-likeness (QED) is 0.428. The third kappa shape index (κ3) is 4.50. The molecule has 148 valence electrons. The third-order valence-electron chi connectivity index (χ3n) is 4.97. The number of rotatable bonds is 5. The van der Waals surface area contributed by atoms with Crippen molar-refractivity contribution in [2.75, 3.05) is 7.11 Å². The first-order chi connectivity index (χ1) is 13.5. The summed E-state index contributed by atoms with van der Waals surface area (Å²) in [6.45, 7) is 4.36. The summed E-state index contributed by atoms with van der Waals surface area (Å²) < 4.78 is 24.4. The second-order valence-electron chi connectivity index (χ2n) is 7.03. The molecule has 0 aliphatic carbocycles. The fourth-order valence-electron chi connectivity index (χ4n) is 3.40. The van der Waals surface area contributed by atoms with Crippen molar-refractivity contribution in [2.24, 2.45) is 5.10 Å². The Morgan fingerprint density at radius 3 is 2.54 bits per heavy atom. The lowest BCUT2D eigenvalue weighted by atomic mass is 10.00. The second kappa shape index (κ2) is 8.87. The predicted molar refractivity (Wildman–Crippen MR) is 107 cm³/mol. The molecule has 2 aromatic carbocycles. The molecule has 2 aromatic rings. The molecule has 28 heavy (non-hydrogen) atoms. The molecule has 0 spiro atoms. The minimum absolute atomic E-state index is 0.122. The molecule has 1 aliphatic heterocycles. The summed E-state index contributed by atoms with van der Waals surface area (Å²) in [5, 5.41) is 6.76. The Labute approximate surface area is 164 Å². The van der Waals surface area contributed by atoms with Gasteiger partial charge < -0.3 is 9.47 Å². The first kappa shape index (κ1) is 19.9. The van der Waals surface area contributed by atoms with E-state index in [9.17, 15) is 9.18 Å². The number of benzene rings is 2. The lowest BCUT2D eigenvalue weighted by Gasteiger charge is -2.36. The molecule has 0 N–H and O–H groups in total. The smallest absolute Gasteiger partial charge is 0.346 e. The molecule has 0 aromatic heterocycles. The van der Waals surface area contributed by atoms with Crippen LogP contribution in [0.15, 0.2) is 47.6 Å². The van der Waals surface area contributed by atoms with E-state index in [0.717, 1.165) is 18.4 Å². The van der Waals surface area contributed by atoms with Crippen LogP contribution in [0.5, 0.6) is 11.5 Å². The van der Waals surface area contributed by atoms with Crippen LogP contribution in [0.4, 0.5) is 4.39 Å². The van der Waals surface area contributed by atoms with Gasteiger partial charge in [0.05, 0.1) is 18.9 Å². The molecule has 0 radical (unpaired) electrons. The maximum Gasteiger partial charge on any atom is 0.346 e. The molecule has 5 nitrogen and oxygen atoms in total. The molecular formula is C22H25FN2O3. The van der Waals surface area contributed by atoms with Gasteiger partial charge in [0.2, 0.25) is 0 Å². The summed E-state index contributed by atoms with van der Waals surface area (Å²) >= 11 is 0. The molecule has 2 atom stereocenters. The molecule has 1 saturated heterocycles. The van der Waals surface area contributed by atoms with Gasteiger partial charge >= 0.3 is 5.97 Å². The van der Waals surface area contributed by atoms with Gasteiger partial charge in [0, 0.05) is 12.1 Å². The normalized spacial score (nSPS) is 19.6. The number of methoxy groups -OCH3 is 1. The van der Waals surface area contributed by atoms with E-state index in [0.29, 0.717) is 17.8 Å². The minimum Gasteiger partial charge on any atom is -0.493 e. The molecular weight excluding hydrogens is 359 g/mol. The van der Waals surface area contributed by atoms with Crippen LogP contribution in [0.25, 0.3) is 0 Å². The Hall–Kier alpha value is -2.89. The van der Waals surface area contributed by atoms with Crippen molar-refractivity contribution in [1.29, 1.82) is 0 Å². The van der Waals surface area contributed by atoms with E-state index < -0.39 is 11.8 Å². The molecule has 1 heterocycles. The van der Waals surface area contributed by atoms with Gasteiger partial charge in [-0.25, -0.2) is 9.18 Å². The van der Waals surface area contributed by atoms with E-state index in [4.69, 9.17) is 9.47 Å². The van der Waals surface area contributed by atoms with Crippen LogP contribution in [0, 0.1) is 5.82 Å². The molecule has 1 aliphatic rings. The van der Waals surface area contributed by atoms with Gasteiger partial charge in [0.1, 0.15) is 5.82 Å². The van der Waals surface area contributed by atoms with Crippen LogP contribution in [-0.2, 0) is 0 Å². The van der Waals surface area contributed by atoms with Gasteiger partial charge in [-0.3, -0.25) is 5.01 Å². The minimum atomic E-state index is -0.770. The zero-order valence-corrected chi connectivity index (χ0v) is 16.4. The molecule has 0 saturated carbocycles. The number of hydrazone groups is 1. The zero-order chi connectivity index (χ0) is 20.1. The molecule has 3 rings (SSSR count). The number of halogens is 1. The van der Waals surface area contributed by atoms with Gasteiger partial charge in [-0.05, 0) is 69.0 Å². The third-order valence-corrected chi connectivity index (χ3v) is 4.97. The number of hydrogen-bond acceptors (Lipinski definition) is 5. The average Bonchev–Trinajstić information content (AvgIpc) is 2.68. The number of hydrogen-bond donors (Lipinski definition) is 0. The van der Waals surface area contributed by atoms with Crippen molar-refractivity contribution in [3.05, 3.63) is 59.4 Å². The van der Waals surface area contributed by atoms with Gasteiger partial charge in [-0.1, -0.05) is 12.1 Å². The lowest BCUT2D eigenvalue weighted by Crippen LogP contribution is -2.39. The first-order valence-corrected chi connectivity index (χ1v) is 9.46. The van der Waals surface area contributed by atoms with Crippen molar-refractivity contribution in [3.8, 4) is 11.5 Å². The summed E-state index contributed by atoms with van der Waals surface area (Å²) in [6.07, 6.45) is 5.28. The van der Waals surface area contributed by atoms with Gasteiger partial charge in [-0.2, -0.15) is 5.10 Å². The predicted octanol–water partition coefficient (Wildman–Crippen LogP) is 4.65. The van der Waals surface area contributed by atoms with Crippen LogP contribution < -0.4 is 9.47 Å². The van der Waals surface area contributed by atoms with E-state index in [1.165, 1.54) is 31.7 Å². The highest BCUT2D eigenvalue weighted by Crippen LogP contribution is 2.29. The molecule has 2 unspecified atom stereocenters. The maximum atomic E-state index is 13.8. The van der Waals surface area contributed by atoms with Crippen LogP contribution in [0.3, 0.4) is 0 Å². The second-order valence-corrected chi connectivity index (χ2v) is 7.03. The van der Waals surface area contributed by atoms with E-state index in [1.807, 2.05) is 0 Å². The van der Waals surface area contributed by atoms with Crippen LogP contribution in [0.1, 0.15) is 49.0 Å². The lowest BCUT2D eigenvalue weighted by molar-refractivity contribution is 0.0725. The SMILES string of the molecule is COc1cc(C=NN2C(C)CCCC2C)ccc1OC(=O)c1ccccc1F. The Morgan fingerprint density at radius 1 is 1.14 bits per heavy atom. The standard InChI is InChI=1S/C22H25FN2O3/c1-15-7-6-8-16(2)25(15)24-14-17-11-12-20(21(13-17)27-3)28-22(26)18-9-4-5-10-19(18)23/h4-5,9-16H,6-8H2,1-3H3. The summed E-state index contributed by atoms with van der Waals surface area (Å²) in [7, 11) is 1.49. The summed E-state index contributed by atoms with van der Waals surface area (Å²) in [6, 6.07) is 11.7. The summed E-state index contributed by atoms with van der Waals surface area (Å²) in [4.78, 5) is 12.2. The molecule has 0 bridgehead atoms. The Kier molecular flexibility index (Phi) is 6.29. The zero-order valence-electron chi connectivity index (χ0n) is 16.4. The van der Waals surface area contributed by atoms with Crippen LogP contribution in [-0.4, -0.2) is 36.4 Å². The van der Waals surface area contributed by atoms with E-state index in [-0.39, 0.29) is 11.3 Å². The first-order valence-electron chi connectivity index (χ1n) is 9.46. The average molecular weight is 384 g/mol. The van der Waals surface area contributed by atoms with Gasteiger partial charge in [-0.15, -0.1) is 0 Å². The number of esters is 1. The number of piperidine rings is 1. The van der Waals surface area contributed by atoms with Gasteiger partial charge in [0.15, 0.2) is 11.5 Å². The Morgan fingerprint density at radius 2 is 1.86 bits per heavy atom. The topological polar surface area (TPSA) is 51.1 Å². The molecule has 1 fully saturated rings. The van der Waals surface area contributed by atoms with E-state index in [2.05, 4.69) is 24.0 Å². The highest BCUT2D eigenvalue weighted by Gasteiger charge is 2.22. The maximum absolute atomic E-state index is 13.8. The van der Waals surface area contributed by atoms with Crippen molar-refractivity contribution >= 4 is 12.2 Å². The van der Waals surface area contributed by atoms with E-state index >= 15 is 0 Å². The van der Waals surface area contributed by atoms with E-state index in [1.54, 1.807) is 30.5 Å². The fraction of sp³-hybridized carbons (Fsp3) is 0.364. The van der Waals surface area contributed by atoms with Crippen molar-refractivity contribution < 1.29 is 18.7 Å². The van der Waals surface area contributed by atoms with Crippen molar-refractivity contribution in [3.63, 3.8) is 0 Å². The summed E-state index contributed by atoms with van der Waals surface area (Å²) in [5.74, 6) is -0.783. The molecule has 0 amide bonds. The van der Waals surface area contributed by atoms with Crippen LogP contribution in [0.2, 0.25) is 0 Å². The highest BCUT2D eigenvalue weighted by molar-refractivity contribution is 5.92. The highest BCUT2D eigenvalue weighted by atomic mass is 19.1.